The molecule has 0 fully saturated rings. The molecule has 0 aliphatic carbocycles. The Morgan fingerprint density at radius 1 is 1.14 bits per heavy atom. The van der Waals surface area contributed by atoms with Crippen LogP contribution in [0.2, 0.25) is 0 Å². The standard InChI is InChI=1S/C16H20N2O4/c1-17(2)16(20)11-18(3)15(19)7-5-12-4-6-13-14(10-12)22-9-8-21-13/h4-7,10H,8-9,11H2,1-3H3/b7-5+. The van der Waals surface area contributed by atoms with Gasteiger partial charge in [0.2, 0.25) is 11.8 Å². The van der Waals surface area contributed by atoms with E-state index in [-0.39, 0.29) is 18.4 Å². The van der Waals surface area contributed by atoms with Gasteiger partial charge in [-0.05, 0) is 23.8 Å². The first-order chi connectivity index (χ1) is 10.5. The number of benzene rings is 1. The van der Waals surface area contributed by atoms with E-state index in [1.165, 1.54) is 15.9 Å². The van der Waals surface area contributed by atoms with Crippen molar-refractivity contribution >= 4 is 17.9 Å². The second kappa shape index (κ2) is 6.98. The summed E-state index contributed by atoms with van der Waals surface area (Å²) in [4.78, 5) is 26.4. The lowest BCUT2D eigenvalue weighted by molar-refractivity contribution is -0.135. The Morgan fingerprint density at radius 2 is 1.82 bits per heavy atom. The van der Waals surface area contributed by atoms with E-state index in [1.54, 1.807) is 27.2 Å². The van der Waals surface area contributed by atoms with E-state index in [1.807, 2.05) is 18.2 Å². The highest BCUT2D eigenvalue weighted by Crippen LogP contribution is 2.31. The van der Waals surface area contributed by atoms with Gasteiger partial charge in [-0.1, -0.05) is 6.07 Å². The molecule has 2 amide bonds. The van der Waals surface area contributed by atoms with Crippen LogP contribution >= 0.6 is 0 Å². The number of hydrogen-bond acceptors (Lipinski definition) is 4. The van der Waals surface area contributed by atoms with Gasteiger partial charge in [0.1, 0.15) is 13.2 Å². The summed E-state index contributed by atoms with van der Waals surface area (Å²) in [5, 5.41) is 0. The van der Waals surface area contributed by atoms with Crippen LogP contribution in [0.4, 0.5) is 0 Å². The second-order valence-electron chi connectivity index (χ2n) is 5.22. The summed E-state index contributed by atoms with van der Waals surface area (Å²) in [6, 6.07) is 5.49. The van der Waals surface area contributed by atoms with Crippen molar-refractivity contribution in [2.45, 2.75) is 0 Å². The third kappa shape index (κ3) is 4.00. The van der Waals surface area contributed by atoms with Crippen molar-refractivity contribution in [2.75, 3.05) is 40.9 Å². The summed E-state index contributed by atoms with van der Waals surface area (Å²) in [5.74, 6) is 1.04. The molecule has 1 aliphatic rings. The number of rotatable bonds is 4. The minimum absolute atomic E-state index is 0.0529. The van der Waals surface area contributed by atoms with E-state index in [0.717, 1.165) is 5.56 Å². The molecule has 0 atom stereocenters. The number of amides is 2. The molecule has 22 heavy (non-hydrogen) atoms. The molecule has 0 spiro atoms. The molecule has 0 saturated heterocycles. The zero-order valence-corrected chi connectivity index (χ0v) is 13.0. The van der Waals surface area contributed by atoms with Crippen molar-refractivity contribution in [3.63, 3.8) is 0 Å². The van der Waals surface area contributed by atoms with Gasteiger partial charge in [-0.15, -0.1) is 0 Å². The van der Waals surface area contributed by atoms with Gasteiger partial charge in [0, 0.05) is 27.2 Å². The number of fused-ring (bicyclic) bond motifs is 1. The maximum absolute atomic E-state index is 12.0. The summed E-state index contributed by atoms with van der Waals surface area (Å²) in [6.07, 6.45) is 3.13. The molecule has 1 aliphatic heterocycles. The Balaban J connectivity index is 1.99. The average Bonchev–Trinajstić information content (AvgIpc) is 2.52. The van der Waals surface area contributed by atoms with Crippen molar-refractivity contribution in [1.82, 2.24) is 9.80 Å². The number of likely N-dealkylation sites (N-methyl/N-ethyl adjacent to an activating group) is 2. The number of hydrogen-bond donors (Lipinski definition) is 0. The lowest BCUT2D eigenvalue weighted by Gasteiger charge is -2.18. The number of carbonyl (C=O) groups is 2. The molecule has 1 heterocycles. The fourth-order valence-electron chi connectivity index (χ4n) is 1.88. The number of carbonyl (C=O) groups excluding carboxylic acids is 2. The van der Waals surface area contributed by atoms with Crippen LogP contribution in [0.15, 0.2) is 24.3 Å². The van der Waals surface area contributed by atoms with Gasteiger partial charge in [0.25, 0.3) is 0 Å². The fraction of sp³-hybridized carbons (Fsp3) is 0.375. The average molecular weight is 304 g/mol. The molecule has 1 aromatic carbocycles. The third-order valence-electron chi connectivity index (χ3n) is 3.23. The zero-order valence-electron chi connectivity index (χ0n) is 13.0. The monoisotopic (exact) mass is 304 g/mol. The van der Waals surface area contributed by atoms with Crippen molar-refractivity contribution < 1.29 is 19.1 Å². The lowest BCUT2D eigenvalue weighted by atomic mass is 10.2. The van der Waals surface area contributed by atoms with Gasteiger partial charge in [-0.2, -0.15) is 0 Å². The zero-order chi connectivity index (χ0) is 16.1. The molecule has 0 unspecified atom stereocenters. The van der Waals surface area contributed by atoms with E-state index in [4.69, 9.17) is 9.47 Å². The van der Waals surface area contributed by atoms with Crippen molar-refractivity contribution in [1.29, 1.82) is 0 Å². The van der Waals surface area contributed by atoms with E-state index in [9.17, 15) is 9.59 Å². The van der Waals surface area contributed by atoms with Crippen molar-refractivity contribution in [3.05, 3.63) is 29.8 Å². The number of nitrogens with zero attached hydrogens (tertiary/aromatic N) is 2. The molecule has 118 valence electrons. The van der Waals surface area contributed by atoms with Gasteiger partial charge < -0.3 is 19.3 Å². The van der Waals surface area contributed by atoms with Gasteiger partial charge in [-0.25, -0.2) is 0 Å². The molecular formula is C16H20N2O4. The highest BCUT2D eigenvalue weighted by atomic mass is 16.6. The smallest absolute Gasteiger partial charge is 0.246 e. The van der Waals surface area contributed by atoms with E-state index in [2.05, 4.69) is 0 Å². The van der Waals surface area contributed by atoms with Crippen molar-refractivity contribution in [2.24, 2.45) is 0 Å². The van der Waals surface area contributed by atoms with Crippen LogP contribution < -0.4 is 9.47 Å². The number of ether oxygens (including phenoxy) is 2. The van der Waals surface area contributed by atoms with Crippen LogP contribution in [-0.2, 0) is 9.59 Å². The molecule has 6 heteroatoms. The fourth-order valence-corrected chi connectivity index (χ4v) is 1.88. The Morgan fingerprint density at radius 3 is 2.50 bits per heavy atom. The maximum Gasteiger partial charge on any atom is 0.246 e. The molecule has 0 aromatic heterocycles. The first-order valence-electron chi connectivity index (χ1n) is 7.00. The van der Waals surface area contributed by atoms with Crippen LogP contribution in [-0.4, -0.2) is 62.5 Å². The summed E-state index contributed by atoms with van der Waals surface area (Å²) >= 11 is 0. The largest absolute Gasteiger partial charge is 0.486 e. The van der Waals surface area contributed by atoms with E-state index >= 15 is 0 Å². The van der Waals surface area contributed by atoms with Gasteiger partial charge in [0.05, 0.1) is 6.54 Å². The molecule has 0 radical (unpaired) electrons. The Bertz CT molecular complexity index is 596. The predicted octanol–water partition coefficient (Wildman–Crippen LogP) is 1.02. The van der Waals surface area contributed by atoms with Gasteiger partial charge >= 0.3 is 0 Å². The highest BCUT2D eigenvalue weighted by molar-refractivity contribution is 5.94. The van der Waals surface area contributed by atoms with Crippen LogP contribution in [0, 0.1) is 0 Å². The molecule has 0 bridgehead atoms. The Labute approximate surface area is 129 Å². The summed E-state index contributed by atoms with van der Waals surface area (Å²) in [6.45, 7) is 1.12. The topological polar surface area (TPSA) is 59.1 Å². The van der Waals surface area contributed by atoms with Crippen LogP contribution in [0.3, 0.4) is 0 Å². The van der Waals surface area contributed by atoms with Gasteiger partial charge in [-0.3, -0.25) is 9.59 Å². The molecule has 0 N–H and O–H groups in total. The van der Waals surface area contributed by atoms with E-state index < -0.39 is 0 Å². The minimum Gasteiger partial charge on any atom is -0.486 e. The summed E-state index contributed by atoms with van der Waals surface area (Å²) in [7, 11) is 4.91. The lowest BCUT2D eigenvalue weighted by Crippen LogP contribution is -2.36. The minimum atomic E-state index is -0.231. The van der Waals surface area contributed by atoms with Crippen LogP contribution in [0.1, 0.15) is 5.56 Å². The van der Waals surface area contributed by atoms with Crippen LogP contribution in [0.5, 0.6) is 11.5 Å². The summed E-state index contributed by atoms with van der Waals surface area (Å²) < 4.78 is 10.9. The normalized spacial score (nSPS) is 13.0. The molecule has 0 saturated carbocycles. The Hall–Kier alpha value is -2.50. The highest BCUT2D eigenvalue weighted by Gasteiger charge is 2.13. The second-order valence-corrected chi connectivity index (χ2v) is 5.22. The molecule has 2 rings (SSSR count). The molecule has 1 aromatic rings. The maximum atomic E-state index is 12.0. The Kier molecular flexibility index (Phi) is 5.04. The first kappa shape index (κ1) is 15.9. The van der Waals surface area contributed by atoms with Crippen molar-refractivity contribution in [3.8, 4) is 11.5 Å². The van der Waals surface area contributed by atoms with Crippen LogP contribution in [0.25, 0.3) is 6.08 Å². The molecule has 6 nitrogen and oxygen atoms in total. The van der Waals surface area contributed by atoms with Gasteiger partial charge in [0.15, 0.2) is 11.5 Å². The first-order valence-corrected chi connectivity index (χ1v) is 7.00. The predicted molar refractivity (Wildman–Crippen MR) is 82.8 cm³/mol. The van der Waals surface area contributed by atoms with E-state index in [0.29, 0.717) is 24.7 Å². The summed E-state index contributed by atoms with van der Waals surface area (Å²) in [5.41, 5.74) is 0.838. The SMILES string of the molecule is CN(C)C(=O)CN(C)C(=O)/C=C/c1ccc2c(c1)OCCO2. The molecular weight excluding hydrogens is 284 g/mol. The quantitative estimate of drug-likeness (QED) is 0.779. The third-order valence-corrected chi connectivity index (χ3v) is 3.23.